The van der Waals surface area contributed by atoms with Crippen molar-refractivity contribution in [2.24, 2.45) is 0 Å². The summed E-state index contributed by atoms with van der Waals surface area (Å²) in [5, 5.41) is 51.5. The molecule has 0 N–H and O–H groups in total. The van der Waals surface area contributed by atoms with Crippen LogP contribution in [0.15, 0.2) is 0 Å². The summed E-state index contributed by atoms with van der Waals surface area (Å²) in [7, 11) is -6.17. The Kier molecular flexibility index (Phi) is 6.83. The van der Waals surface area contributed by atoms with Gasteiger partial charge in [0.1, 0.15) is 0 Å². The molecule has 0 aromatic heterocycles. The molecule has 15 heavy (non-hydrogen) atoms. The molecule has 0 atom stereocenters. The minimum absolute atomic E-state index is 0. The van der Waals surface area contributed by atoms with Crippen LogP contribution in [0.25, 0.3) is 0 Å². The first-order chi connectivity index (χ1) is 5.97. The molecule has 0 aromatic carbocycles. The van der Waals surface area contributed by atoms with Crippen molar-refractivity contribution in [3.05, 3.63) is 0 Å². The third kappa shape index (κ3) is 2.09. The minimum atomic E-state index is -6.17. The molecule has 0 saturated heterocycles. The van der Waals surface area contributed by atoms with Gasteiger partial charge in [0.15, 0.2) is 0 Å². The van der Waals surface area contributed by atoms with E-state index in [0.717, 1.165) is 29.8 Å². The maximum Gasteiger partial charge on any atom is 3.00 e. The first kappa shape index (κ1) is 20.1. The van der Waals surface area contributed by atoms with Crippen LogP contribution in [0.1, 0.15) is 0 Å². The molecule has 0 spiro atoms. The predicted octanol–water partition coefficient (Wildman–Crippen LogP) is -0.285. The zero-order valence-electron chi connectivity index (χ0n) is 7.41. The molecule has 0 rings (SSSR count). The third-order valence-corrected chi connectivity index (χ3v) is 4.89. The second-order valence-corrected chi connectivity index (χ2v) is 7.42. The van der Waals surface area contributed by atoms with Gasteiger partial charge < -0.3 is 0 Å². The van der Waals surface area contributed by atoms with Gasteiger partial charge in [-0.2, -0.15) is 0 Å². The Balaban J connectivity index is -0.000000720. The molecule has 6 nitrogen and oxygen atoms in total. The van der Waals surface area contributed by atoms with E-state index in [2.05, 4.69) is 0 Å². The molecule has 0 heterocycles. The van der Waals surface area contributed by atoms with E-state index in [1.807, 2.05) is 0 Å². The van der Waals surface area contributed by atoms with Gasteiger partial charge in [0.25, 0.3) is 0 Å². The summed E-state index contributed by atoms with van der Waals surface area (Å²) in [6, 6.07) is 0. The van der Waals surface area contributed by atoms with E-state index >= 15 is 0 Å². The second-order valence-electron chi connectivity index (χ2n) is 1.80. The van der Waals surface area contributed by atoms with Crippen LogP contribution in [0, 0.1) is 61.4 Å². The average Bonchev–Trinajstić information content (AvgIpc) is 2.26. The van der Waals surface area contributed by atoms with Crippen molar-refractivity contribution in [3.8, 4) is 29.8 Å². The summed E-state index contributed by atoms with van der Waals surface area (Å²) in [4.78, 5) is 6.19. The van der Waals surface area contributed by atoms with Crippen LogP contribution in [0.4, 0.5) is 0 Å². The van der Waals surface area contributed by atoms with Crippen LogP contribution in [-0.4, -0.2) is 51.4 Å². The smallest absolute Gasteiger partial charge is 0 e. The zero-order chi connectivity index (χ0) is 10.7. The topological polar surface area (TPSA) is 143 Å². The SMILES string of the molecule is N#[C][Fe-3]([C]#N)([C]#N)([C]#N)([C]#N)[C]#N.[K].[Mn+3]. The molecule has 0 aliphatic carbocycles. The van der Waals surface area contributed by atoms with Crippen LogP contribution in [0.5, 0.6) is 0 Å². The monoisotopic (exact) mass is 306 g/mol. The Morgan fingerprint density at radius 1 is 0.533 bits per heavy atom. The van der Waals surface area contributed by atoms with E-state index in [0.29, 0.717) is 0 Å². The largest absolute Gasteiger partial charge is 3.00 e. The molecule has 0 unspecified atom stereocenters. The van der Waals surface area contributed by atoms with Gasteiger partial charge in [-0.05, 0) is 0 Å². The number of hydrogen-bond donors (Lipinski definition) is 0. The third-order valence-electron chi connectivity index (χ3n) is 1.19. The van der Waals surface area contributed by atoms with Crippen molar-refractivity contribution in [1.82, 2.24) is 0 Å². The first-order valence-corrected chi connectivity index (χ1v) is 5.71. The van der Waals surface area contributed by atoms with Gasteiger partial charge in [-0.1, -0.05) is 0 Å². The van der Waals surface area contributed by atoms with Crippen LogP contribution >= 0.6 is 0 Å². The van der Waals surface area contributed by atoms with Crippen LogP contribution < -0.4 is 0 Å². The zero-order valence-corrected chi connectivity index (χ0v) is 12.8. The van der Waals surface area contributed by atoms with Crippen molar-refractivity contribution >= 4 is 51.4 Å². The van der Waals surface area contributed by atoms with Gasteiger partial charge in [-0.25, -0.2) is 0 Å². The molecule has 70 valence electrons. The van der Waals surface area contributed by atoms with Crippen molar-refractivity contribution in [2.75, 3.05) is 0 Å². The molecule has 0 bridgehead atoms. The van der Waals surface area contributed by atoms with Gasteiger partial charge in [-0.15, -0.1) is 0 Å². The number of nitriles is 6. The molecule has 0 aromatic rings. The molecule has 0 amide bonds. The Morgan fingerprint density at radius 2 is 0.667 bits per heavy atom. The Bertz CT molecular complexity index is 397. The van der Waals surface area contributed by atoms with Gasteiger partial charge in [0, 0.05) is 51.4 Å². The Hall–Kier alpha value is -0.385. The van der Waals surface area contributed by atoms with Crippen molar-refractivity contribution in [1.29, 1.82) is 31.6 Å². The quantitative estimate of drug-likeness (QED) is 0.563. The maximum absolute atomic E-state index is 8.58. The molecule has 0 aliphatic heterocycles. The summed E-state index contributed by atoms with van der Waals surface area (Å²) in [6.45, 7) is 0. The fourth-order valence-electron chi connectivity index (χ4n) is 0.265. The number of rotatable bonds is 0. The molecule has 0 fully saturated rings. The molecule has 0 aliphatic rings. The maximum atomic E-state index is 8.58. The second kappa shape index (κ2) is 5.10. The predicted molar refractivity (Wildman–Crippen MR) is 39.4 cm³/mol. The first-order valence-electron chi connectivity index (χ1n) is 2.40. The fourth-order valence-corrected chi connectivity index (χ4v) is 1.09. The molecule has 0 saturated carbocycles. The molecule has 1 radical (unpaired) electrons. The van der Waals surface area contributed by atoms with E-state index in [4.69, 9.17) is 31.6 Å². The van der Waals surface area contributed by atoms with Gasteiger partial charge in [0.2, 0.25) is 0 Å². The van der Waals surface area contributed by atoms with E-state index in [-0.39, 0.29) is 68.5 Å². The summed E-state index contributed by atoms with van der Waals surface area (Å²) in [5.41, 5.74) is 0. The number of nitrogens with zero attached hydrogens (tertiary/aromatic N) is 6. The summed E-state index contributed by atoms with van der Waals surface area (Å²) in [5.74, 6) is 0. The molecular weight excluding hydrogens is 306 g/mol. The van der Waals surface area contributed by atoms with Crippen molar-refractivity contribution < 1.29 is 27.8 Å². The minimum Gasteiger partial charge on any atom is 0 e. The summed E-state index contributed by atoms with van der Waals surface area (Å²) in [6.07, 6.45) is 0. The van der Waals surface area contributed by atoms with E-state index in [1.54, 1.807) is 0 Å². The number of hydrogen-bond acceptors (Lipinski definition) is 6. The van der Waals surface area contributed by atoms with Gasteiger partial charge in [-0.3, -0.25) is 0 Å². The standard InChI is InChI=1S/6CN.Fe.K.Mn/c6*1-2;;;/q;;;;;;-3;;+3. The van der Waals surface area contributed by atoms with E-state index in [9.17, 15) is 0 Å². The Labute approximate surface area is 138 Å². The summed E-state index contributed by atoms with van der Waals surface area (Å²) >= 11 is 0. The average molecular weight is 306 g/mol. The Morgan fingerprint density at radius 3 is 0.667 bits per heavy atom. The van der Waals surface area contributed by atoms with Gasteiger partial charge >= 0.3 is 89.2 Å². The van der Waals surface area contributed by atoms with E-state index < -0.39 is 10.7 Å². The normalized spacial score (nSPS) is 11.6. The van der Waals surface area contributed by atoms with E-state index in [1.165, 1.54) is 0 Å². The fraction of sp³-hybridized carbons (Fsp3) is 0. The van der Waals surface area contributed by atoms with Crippen molar-refractivity contribution in [3.63, 3.8) is 0 Å². The van der Waals surface area contributed by atoms with Crippen molar-refractivity contribution in [2.45, 2.75) is 0 Å². The van der Waals surface area contributed by atoms with Crippen LogP contribution in [-0.2, 0) is 27.8 Å². The molecular formula is C6FeKMnN6. The van der Waals surface area contributed by atoms with Gasteiger partial charge in [0.05, 0.1) is 0 Å². The van der Waals surface area contributed by atoms with Crippen LogP contribution in [0.2, 0.25) is 0 Å². The summed E-state index contributed by atoms with van der Waals surface area (Å²) < 4.78 is 0. The van der Waals surface area contributed by atoms with Crippen LogP contribution in [0.3, 0.4) is 0 Å². The molecule has 9 heteroatoms.